The molecular formula is C9H19N3O2. The van der Waals surface area contributed by atoms with Crippen molar-refractivity contribution in [2.45, 2.75) is 18.6 Å². The standard InChI is InChI=1S/C9H19N3O2/c1-12(2)5-8-7(11-6-14-8)4-9(10)13-3/h7-8,10-11H,4-6H2,1-3H3/t7-,8-/m1/s1. The third-order valence-electron chi connectivity index (χ3n) is 2.29. The number of hydrogen-bond donors (Lipinski definition) is 2. The summed E-state index contributed by atoms with van der Waals surface area (Å²) in [4.78, 5) is 2.08. The summed E-state index contributed by atoms with van der Waals surface area (Å²) in [6, 6.07) is 0.199. The van der Waals surface area contributed by atoms with Gasteiger partial charge in [-0.3, -0.25) is 10.7 Å². The Morgan fingerprint density at radius 2 is 2.36 bits per heavy atom. The quantitative estimate of drug-likeness (QED) is 0.491. The first-order chi connectivity index (χ1) is 6.63. The van der Waals surface area contributed by atoms with Crippen molar-refractivity contribution >= 4 is 5.90 Å². The summed E-state index contributed by atoms with van der Waals surface area (Å²) in [6.45, 7) is 1.44. The number of rotatable bonds is 4. The van der Waals surface area contributed by atoms with Crippen molar-refractivity contribution in [3.8, 4) is 0 Å². The SMILES string of the molecule is COC(=N)C[C@H]1NCO[C@@H]1CN(C)C. The molecule has 1 aliphatic heterocycles. The second-order valence-electron chi connectivity index (χ2n) is 3.75. The van der Waals surface area contributed by atoms with Crippen molar-refractivity contribution < 1.29 is 9.47 Å². The van der Waals surface area contributed by atoms with E-state index in [-0.39, 0.29) is 12.1 Å². The molecule has 1 fully saturated rings. The Morgan fingerprint density at radius 1 is 1.64 bits per heavy atom. The first-order valence-electron chi connectivity index (χ1n) is 4.74. The summed E-state index contributed by atoms with van der Waals surface area (Å²) < 4.78 is 10.4. The molecule has 2 N–H and O–H groups in total. The van der Waals surface area contributed by atoms with Gasteiger partial charge in [0.1, 0.15) is 0 Å². The third-order valence-corrected chi connectivity index (χ3v) is 2.29. The van der Waals surface area contributed by atoms with E-state index in [2.05, 4.69) is 10.2 Å². The average molecular weight is 201 g/mol. The van der Waals surface area contributed by atoms with E-state index in [9.17, 15) is 0 Å². The van der Waals surface area contributed by atoms with Gasteiger partial charge in [-0.25, -0.2) is 0 Å². The van der Waals surface area contributed by atoms with Crippen LogP contribution in [0.1, 0.15) is 6.42 Å². The molecule has 0 saturated carbocycles. The van der Waals surface area contributed by atoms with Gasteiger partial charge in [-0.05, 0) is 14.1 Å². The van der Waals surface area contributed by atoms with Crippen molar-refractivity contribution in [2.75, 3.05) is 34.5 Å². The van der Waals surface area contributed by atoms with Crippen LogP contribution in [0.4, 0.5) is 0 Å². The summed E-state index contributed by atoms with van der Waals surface area (Å²) in [5.74, 6) is 0.303. The maximum absolute atomic E-state index is 7.44. The molecule has 0 aromatic heterocycles. The van der Waals surface area contributed by atoms with E-state index in [1.54, 1.807) is 0 Å². The van der Waals surface area contributed by atoms with Gasteiger partial charge in [0, 0.05) is 19.0 Å². The molecule has 14 heavy (non-hydrogen) atoms. The van der Waals surface area contributed by atoms with Crippen LogP contribution in [-0.4, -0.2) is 57.4 Å². The first-order valence-corrected chi connectivity index (χ1v) is 4.74. The van der Waals surface area contributed by atoms with Crippen LogP contribution >= 0.6 is 0 Å². The maximum Gasteiger partial charge on any atom is 0.181 e. The minimum Gasteiger partial charge on any atom is -0.484 e. The van der Waals surface area contributed by atoms with Crippen LogP contribution in [-0.2, 0) is 9.47 Å². The van der Waals surface area contributed by atoms with Gasteiger partial charge in [0.2, 0.25) is 0 Å². The number of nitrogens with one attached hydrogen (secondary N) is 2. The van der Waals surface area contributed by atoms with Crippen molar-refractivity contribution in [2.24, 2.45) is 0 Å². The number of hydrogen-bond acceptors (Lipinski definition) is 5. The van der Waals surface area contributed by atoms with Crippen molar-refractivity contribution in [1.82, 2.24) is 10.2 Å². The molecule has 0 aromatic carbocycles. The molecular weight excluding hydrogens is 182 g/mol. The van der Waals surface area contributed by atoms with Gasteiger partial charge in [0.05, 0.1) is 19.9 Å². The van der Waals surface area contributed by atoms with Crippen molar-refractivity contribution in [1.29, 1.82) is 5.41 Å². The van der Waals surface area contributed by atoms with E-state index in [1.165, 1.54) is 7.11 Å². The second kappa shape index (κ2) is 5.29. The summed E-state index contributed by atoms with van der Waals surface area (Å²) in [7, 11) is 5.56. The molecule has 2 atom stereocenters. The lowest BCUT2D eigenvalue weighted by Crippen LogP contribution is -2.39. The van der Waals surface area contributed by atoms with Gasteiger partial charge in [-0.15, -0.1) is 0 Å². The predicted molar refractivity (Wildman–Crippen MR) is 54.6 cm³/mol. The molecule has 1 aliphatic rings. The summed E-state index contributed by atoms with van der Waals surface area (Å²) in [6.07, 6.45) is 0.746. The van der Waals surface area contributed by atoms with Gasteiger partial charge in [-0.1, -0.05) is 0 Å². The fraction of sp³-hybridized carbons (Fsp3) is 0.889. The van der Waals surface area contributed by atoms with Crippen molar-refractivity contribution in [3.05, 3.63) is 0 Å². The van der Waals surface area contributed by atoms with Crippen LogP contribution in [0.5, 0.6) is 0 Å². The van der Waals surface area contributed by atoms with E-state index in [1.807, 2.05) is 14.1 Å². The molecule has 0 spiro atoms. The summed E-state index contributed by atoms with van der Waals surface area (Å²) in [5, 5.41) is 10.7. The highest BCUT2D eigenvalue weighted by atomic mass is 16.5. The fourth-order valence-electron chi connectivity index (χ4n) is 1.54. The van der Waals surface area contributed by atoms with Gasteiger partial charge in [-0.2, -0.15) is 0 Å². The molecule has 0 amide bonds. The van der Waals surface area contributed by atoms with E-state index < -0.39 is 0 Å². The van der Waals surface area contributed by atoms with E-state index in [0.29, 0.717) is 19.0 Å². The Balaban J connectivity index is 2.38. The zero-order valence-electron chi connectivity index (χ0n) is 9.04. The Morgan fingerprint density at radius 3 is 2.93 bits per heavy atom. The molecule has 0 aromatic rings. The molecule has 1 rings (SSSR count). The van der Waals surface area contributed by atoms with Crippen LogP contribution in [0.15, 0.2) is 0 Å². The maximum atomic E-state index is 7.44. The highest BCUT2D eigenvalue weighted by Gasteiger charge is 2.29. The van der Waals surface area contributed by atoms with Gasteiger partial charge < -0.3 is 14.4 Å². The molecule has 0 bridgehead atoms. The first kappa shape index (κ1) is 11.4. The monoisotopic (exact) mass is 201 g/mol. The number of ether oxygens (including phenoxy) is 2. The lowest BCUT2D eigenvalue weighted by molar-refractivity contribution is 0.0799. The van der Waals surface area contributed by atoms with E-state index in [4.69, 9.17) is 14.9 Å². The third kappa shape index (κ3) is 3.25. The molecule has 0 radical (unpaired) electrons. The molecule has 1 saturated heterocycles. The number of likely N-dealkylation sites (N-methyl/N-ethyl adjacent to an activating group) is 1. The van der Waals surface area contributed by atoms with Crippen LogP contribution in [0.2, 0.25) is 0 Å². The Bertz CT molecular complexity index is 196. The lowest BCUT2D eigenvalue weighted by Gasteiger charge is -2.21. The fourth-order valence-corrected chi connectivity index (χ4v) is 1.54. The molecule has 82 valence electrons. The Labute approximate surface area is 84.9 Å². The predicted octanol–water partition coefficient (Wildman–Crippen LogP) is -0.124. The molecule has 1 heterocycles. The lowest BCUT2D eigenvalue weighted by atomic mass is 10.1. The summed E-state index contributed by atoms with van der Waals surface area (Å²) in [5.41, 5.74) is 0. The normalized spacial score (nSPS) is 26.9. The van der Waals surface area contributed by atoms with Crippen molar-refractivity contribution in [3.63, 3.8) is 0 Å². The smallest absolute Gasteiger partial charge is 0.181 e. The van der Waals surface area contributed by atoms with Crippen LogP contribution < -0.4 is 5.32 Å². The molecule has 0 aliphatic carbocycles. The molecule has 5 heteroatoms. The zero-order valence-corrected chi connectivity index (χ0v) is 9.04. The van der Waals surface area contributed by atoms with Crippen LogP contribution in [0, 0.1) is 5.41 Å². The zero-order chi connectivity index (χ0) is 10.6. The minimum atomic E-state index is 0.153. The van der Waals surface area contributed by atoms with E-state index >= 15 is 0 Å². The topological polar surface area (TPSA) is 57.6 Å². The van der Waals surface area contributed by atoms with Gasteiger partial charge in [0.15, 0.2) is 5.90 Å². The molecule has 5 nitrogen and oxygen atoms in total. The second-order valence-corrected chi connectivity index (χ2v) is 3.75. The average Bonchev–Trinajstić information content (AvgIpc) is 2.52. The summed E-state index contributed by atoms with van der Waals surface area (Å²) >= 11 is 0. The van der Waals surface area contributed by atoms with Crippen LogP contribution in [0.3, 0.4) is 0 Å². The highest BCUT2D eigenvalue weighted by Crippen LogP contribution is 2.11. The van der Waals surface area contributed by atoms with E-state index in [0.717, 1.165) is 6.54 Å². The van der Waals surface area contributed by atoms with Gasteiger partial charge >= 0.3 is 0 Å². The largest absolute Gasteiger partial charge is 0.484 e. The van der Waals surface area contributed by atoms with Gasteiger partial charge in [0.25, 0.3) is 0 Å². The Kier molecular flexibility index (Phi) is 4.31. The molecule has 0 unspecified atom stereocenters. The number of methoxy groups -OCH3 is 1. The Hall–Kier alpha value is -0.650. The minimum absolute atomic E-state index is 0.153. The van der Waals surface area contributed by atoms with Crippen LogP contribution in [0.25, 0.3) is 0 Å². The highest BCUT2D eigenvalue weighted by molar-refractivity contribution is 5.73. The number of nitrogens with zero attached hydrogens (tertiary/aromatic N) is 1.